The maximum atomic E-state index is 12.0. The number of carbonyl (C=O) groups is 1. The maximum Gasteiger partial charge on any atom is 0.262 e. The summed E-state index contributed by atoms with van der Waals surface area (Å²) in [4.78, 5) is 18.7. The van der Waals surface area contributed by atoms with Crippen molar-refractivity contribution in [1.29, 1.82) is 0 Å². The number of rotatable bonds is 5. The minimum absolute atomic E-state index is 0.0417. The van der Waals surface area contributed by atoms with Crippen molar-refractivity contribution in [2.24, 2.45) is 0 Å². The number of benzene rings is 1. The molecule has 2 aliphatic heterocycles. The van der Waals surface area contributed by atoms with E-state index >= 15 is 0 Å². The molecule has 1 aromatic heterocycles. The first-order valence-electron chi connectivity index (χ1n) is 9.19. The highest BCUT2D eigenvalue weighted by Gasteiger charge is 2.39. The van der Waals surface area contributed by atoms with Crippen molar-refractivity contribution in [3.8, 4) is 5.75 Å². The summed E-state index contributed by atoms with van der Waals surface area (Å²) in [6, 6.07) is 13.0. The summed E-state index contributed by atoms with van der Waals surface area (Å²) in [7, 11) is 0. The lowest BCUT2D eigenvalue weighted by Crippen LogP contribution is -2.45. The Hall–Kier alpha value is -2.64. The van der Waals surface area contributed by atoms with E-state index in [2.05, 4.69) is 15.2 Å². The van der Waals surface area contributed by atoms with Gasteiger partial charge < -0.3 is 24.4 Å². The van der Waals surface area contributed by atoms with Crippen molar-refractivity contribution in [2.45, 2.75) is 18.6 Å². The van der Waals surface area contributed by atoms with Crippen LogP contribution >= 0.6 is 0 Å². The Bertz CT molecular complexity index is 751. The predicted octanol–water partition coefficient (Wildman–Crippen LogP) is 2.44. The second kappa shape index (κ2) is 7.94. The first kappa shape index (κ1) is 17.8. The van der Waals surface area contributed by atoms with Gasteiger partial charge in [0.2, 0.25) is 0 Å². The summed E-state index contributed by atoms with van der Waals surface area (Å²) >= 11 is 0. The zero-order valence-electron chi connectivity index (χ0n) is 15.1. The van der Waals surface area contributed by atoms with Gasteiger partial charge in [0.05, 0.1) is 25.1 Å². The van der Waals surface area contributed by atoms with Gasteiger partial charge in [-0.3, -0.25) is 4.79 Å². The molecule has 1 N–H and O–H groups in total. The van der Waals surface area contributed by atoms with Gasteiger partial charge in [-0.2, -0.15) is 0 Å². The summed E-state index contributed by atoms with van der Waals surface area (Å²) in [5.74, 6) is 0.952. The lowest BCUT2D eigenvalue weighted by atomic mass is 10.0. The molecule has 0 radical (unpaired) electrons. The molecule has 0 saturated carbocycles. The fraction of sp³-hybridized carbons (Fsp3) is 0.400. The molecule has 0 aliphatic carbocycles. The van der Waals surface area contributed by atoms with E-state index in [1.807, 2.05) is 42.5 Å². The van der Waals surface area contributed by atoms with Gasteiger partial charge in [0.15, 0.2) is 12.4 Å². The van der Waals surface area contributed by atoms with Gasteiger partial charge in [-0.1, -0.05) is 18.2 Å². The molecule has 7 nitrogen and oxygen atoms in total. The molecule has 27 heavy (non-hydrogen) atoms. The molecule has 2 saturated heterocycles. The van der Waals surface area contributed by atoms with E-state index in [0.29, 0.717) is 24.7 Å². The number of pyridine rings is 1. The van der Waals surface area contributed by atoms with Gasteiger partial charge in [0, 0.05) is 25.9 Å². The van der Waals surface area contributed by atoms with Crippen molar-refractivity contribution in [3.05, 3.63) is 48.7 Å². The molecule has 142 valence electrons. The molecular formula is C20H23N3O4. The van der Waals surface area contributed by atoms with E-state index in [-0.39, 0.29) is 18.3 Å². The Morgan fingerprint density at radius 3 is 2.52 bits per heavy atom. The largest absolute Gasteiger partial charge is 0.484 e. The number of hydrogen-bond acceptors (Lipinski definition) is 6. The Morgan fingerprint density at radius 1 is 1.11 bits per heavy atom. The van der Waals surface area contributed by atoms with Crippen molar-refractivity contribution < 1.29 is 19.0 Å². The molecule has 0 bridgehead atoms. The molecule has 0 atom stereocenters. The Morgan fingerprint density at radius 2 is 1.85 bits per heavy atom. The average molecular weight is 369 g/mol. The number of ether oxygens (including phenoxy) is 3. The van der Waals surface area contributed by atoms with Crippen LogP contribution in [0.25, 0.3) is 0 Å². The van der Waals surface area contributed by atoms with Crippen LogP contribution in [0, 0.1) is 0 Å². The van der Waals surface area contributed by atoms with Crippen LogP contribution in [0.1, 0.15) is 12.8 Å². The summed E-state index contributed by atoms with van der Waals surface area (Å²) in [6.45, 7) is 2.99. The number of nitrogens with one attached hydrogen (secondary N) is 1. The quantitative estimate of drug-likeness (QED) is 0.873. The molecule has 1 spiro atoms. The lowest BCUT2D eigenvalue weighted by molar-refractivity contribution is -0.169. The van der Waals surface area contributed by atoms with Crippen LogP contribution in [0.4, 0.5) is 11.5 Å². The topological polar surface area (TPSA) is 72.9 Å². The van der Waals surface area contributed by atoms with Gasteiger partial charge in [0.25, 0.3) is 5.91 Å². The lowest BCUT2D eigenvalue weighted by Gasteiger charge is -2.38. The molecule has 1 aromatic carbocycles. The number of aromatic nitrogens is 1. The third-order valence-electron chi connectivity index (χ3n) is 4.81. The second-order valence-corrected chi connectivity index (χ2v) is 6.65. The fourth-order valence-corrected chi connectivity index (χ4v) is 3.37. The number of amides is 1. The molecular weight excluding hydrogens is 346 g/mol. The Balaban J connectivity index is 1.27. The number of nitrogens with zero attached hydrogens (tertiary/aromatic N) is 2. The molecule has 2 fully saturated rings. The monoisotopic (exact) mass is 369 g/mol. The average Bonchev–Trinajstić information content (AvgIpc) is 3.16. The van der Waals surface area contributed by atoms with Crippen LogP contribution < -0.4 is 15.0 Å². The molecule has 0 unspecified atom stereocenters. The van der Waals surface area contributed by atoms with Crippen LogP contribution in [0.5, 0.6) is 5.75 Å². The summed E-state index contributed by atoms with van der Waals surface area (Å²) < 4.78 is 16.9. The molecule has 7 heteroatoms. The minimum atomic E-state index is -0.386. The zero-order chi connectivity index (χ0) is 18.5. The van der Waals surface area contributed by atoms with Gasteiger partial charge >= 0.3 is 0 Å². The van der Waals surface area contributed by atoms with Gasteiger partial charge in [-0.25, -0.2) is 4.98 Å². The van der Waals surface area contributed by atoms with E-state index in [1.54, 1.807) is 6.20 Å². The normalized spacial score (nSPS) is 18.4. The molecule has 1 amide bonds. The van der Waals surface area contributed by atoms with E-state index in [0.717, 1.165) is 31.7 Å². The summed E-state index contributed by atoms with van der Waals surface area (Å²) in [6.07, 6.45) is 3.34. The molecule has 3 heterocycles. The smallest absolute Gasteiger partial charge is 0.262 e. The molecule has 2 aliphatic rings. The van der Waals surface area contributed by atoms with Crippen LogP contribution in [0.2, 0.25) is 0 Å². The minimum Gasteiger partial charge on any atom is -0.484 e. The number of piperidine rings is 1. The Labute approximate surface area is 158 Å². The van der Waals surface area contributed by atoms with Crippen LogP contribution in [0.15, 0.2) is 48.7 Å². The Kier molecular flexibility index (Phi) is 5.22. The van der Waals surface area contributed by atoms with Crippen molar-refractivity contribution in [1.82, 2.24) is 4.98 Å². The maximum absolute atomic E-state index is 12.0. The van der Waals surface area contributed by atoms with Crippen LogP contribution in [0.3, 0.4) is 0 Å². The highest BCUT2D eigenvalue weighted by Crippen LogP contribution is 2.32. The summed E-state index contributed by atoms with van der Waals surface area (Å²) in [5, 5.41) is 2.80. The zero-order valence-corrected chi connectivity index (χ0v) is 15.1. The number of anilines is 2. The van der Waals surface area contributed by atoms with Crippen molar-refractivity contribution >= 4 is 17.4 Å². The fourth-order valence-electron chi connectivity index (χ4n) is 3.37. The first-order valence-corrected chi connectivity index (χ1v) is 9.19. The number of hydrogen-bond donors (Lipinski definition) is 1. The predicted molar refractivity (Wildman–Crippen MR) is 101 cm³/mol. The molecule has 2 aromatic rings. The van der Waals surface area contributed by atoms with Crippen LogP contribution in [-0.4, -0.2) is 49.6 Å². The third-order valence-corrected chi connectivity index (χ3v) is 4.81. The second-order valence-electron chi connectivity index (χ2n) is 6.65. The third kappa shape index (κ3) is 4.37. The standard InChI is InChI=1S/C20H23N3O4/c24-19(15-25-17-4-2-1-3-5-17)22-16-6-7-18(21-14-16)23-10-8-20(9-11-23)26-12-13-27-20/h1-7,14H,8-13,15H2,(H,22,24). The van der Waals surface area contributed by atoms with E-state index in [1.165, 1.54) is 0 Å². The number of para-hydroxylation sites is 1. The number of carbonyl (C=O) groups excluding carboxylic acids is 1. The highest BCUT2D eigenvalue weighted by molar-refractivity contribution is 5.91. The van der Waals surface area contributed by atoms with Crippen LogP contribution in [-0.2, 0) is 14.3 Å². The van der Waals surface area contributed by atoms with E-state index in [4.69, 9.17) is 14.2 Å². The summed E-state index contributed by atoms with van der Waals surface area (Å²) in [5.41, 5.74) is 0.649. The first-order chi connectivity index (χ1) is 13.2. The van der Waals surface area contributed by atoms with Gasteiger partial charge in [-0.05, 0) is 24.3 Å². The SMILES string of the molecule is O=C(COc1ccccc1)Nc1ccc(N2CCC3(CC2)OCCO3)nc1. The van der Waals surface area contributed by atoms with Crippen molar-refractivity contribution in [3.63, 3.8) is 0 Å². The molecule has 4 rings (SSSR count). The van der Waals surface area contributed by atoms with Crippen molar-refractivity contribution in [2.75, 3.05) is 43.1 Å². The highest BCUT2D eigenvalue weighted by atomic mass is 16.7. The van der Waals surface area contributed by atoms with E-state index in [9.17, 15) is 4.79 Å². The van der Waals surface area contributed by atoms with Gasteiger partial charge in [-0.15, -0.1) is 0 Å². The van der Waals surface area contributed by atoms with E-state index < -0.39 is 0 Å². The van der Waals surface area contributed by atoms with Gasteiger partial charge in [0.1, 0.15) is 11.6 Å².